The normalized spacial score (nSPS) is 15.7. The van der Waals surface area contributed by atoms with Crippen molar-refractivity contribution in [3.8, 4) is 0 Å². The third kappa shape index (κ3) is 2.21. The number of hydrogen-bond acceptors (Lipinski definition) is 4. The number of halogens is 1. The molecule has 0 aliphatic carbocycles. The summed E-state index contributed by atoms with van der Waals surface area (Å²) >= 11 is 6.16. The minimum atomic E-state index is 0.604. The molecule has 1 aromatic rings. The standard InChI is InChI=1S/C10H15ClN4/c1-15(2)10-13-8-4-6-12-5-3-7(8)9(11)14-10/h12H,3-6H2,1-2H3. The summed E-state index contributed by atoms with van der Waals surface area (Å²) in [6.07, 6.45) is 1.85. The van der Waals surface area contributed by atoms with Crippen molar-refractivity contribution in [2.45, 2.75) is 12.8 Å². The molecule has 1 N–H and O–H groups in total. The molecule has 1 aliphatic heterocycles. The number of nitrogens with one attached hydrogen (secondary N) is 1. The van der Waals surface area contributed by atoms with E-state index in [9.17, 15) is 0 Å². The smallest absolute Gasteiger partial charge is 0.226 e. The highest BCUT2D eigenvalue weighted by Crippen LogP contribution is 2.21. The molecular formula is C10H15ClN4. The van der Waals surface area contributed by atoms with Gasteiger partial charge in [0.05, 0.1) is 5.69 Å². The molecule has 0 radical (unpaired) electrons. The van der Waals surface area contributed by atoms with Gasteiger partial charge in [0.15, 0.2) is 0 Å². The Morgan fingerprint density at radius 2 is 1.93 bits per heavy atom. The van der Waals surface area contributed by atoms with Gasteiger partial charge in [0.1, 0.15) is 5.15 Å². The average Bonchev–Trinajstić information content (AvgIpc) is 2.42. The van der Waals surface area contributed by atoms with Gasteiger partial charge in [-0.2, -0.15) is 0 Å². The van der Waals surface area contributed by atoms with E-state index in [0.717, 1.165) is 37.2 Å². The summed E-state index contributed by atoms with van der Waals surface area (Å²) in [7, 11) is 3.85. The number of hydrogen-bond donors (Lipinski definition) is 1. The van der Waals surface area contributed by atoms with Crippen LogP contribution in [0, 0.1) is 0 Å². The quantitative estimate of drug-likeness (QED) is 0.722. The van der Waals surface area contributed by atoms with Crippen molar-refractivity contribution in [2.24, 2.45) is 0 Å². The van der Waals surface area contributed by atoms with Crippen molar-refractivity contribution in [3.63, 3.8) is 0 Å². The van der Waals surface area contributed by atoms with Crippen molar-refractivity contribution < 1.29 is 0 Å². The van der Waals surface area contributed by atoms with Gasteiger partial charge in [-0.15, -0.1) is 0 Å². The molecular weight excluding hydrogens is 212 g/mol. The van der Waals surface area contributed by atoms with Gasteiger partial charge in [0.25, 0.3) is 0 Å². The third-order valence-corrected chi connectivity index (χ3v) is 2.83. The SMILES string of the molecule is CN(C)c1nc(Cl)c2c(n1)CCNCC2. The molecule has 0 unspecified atom stereocenters. The predicted octanol–water partition coefficient (Wildman–Crippen LogP) is 0.884. The molecule has 2 rings (SSSR count). The van der Waals surface area contributed by atoms with E-state index < -0.39 is 0 Å². The van der Waals surface area contributed by atoms with E-state index in [1.54, 1.807) is 0 Å². The zero-order chi connectivity index (χ0) is 10.8. The zero-order valence-electron chi connectivity index (χ0n) is 9.05. The number of aromatic nitrogens is 2. The van der Waals surface area contributed by atoms with Gasteiger partial charge in [-0.3, -0.25) is 0 Å². The van der Waals surface area contributed by atoms with Crippen molar-refractivity contribution >= 4 is 17.5 Å². The van der Waals surface area contributed by atoms with Gasteiger partial charge in [-0.25, -0.2) is 9.97 Å². The lowest BCUT2D eigenvalue weighted by Gasteiger charge is -2.14. The Morgan fingerprint density at radius 3 is 2.67 bits per heavy atom. The van der Waals surface area contributed by atoms with Crippen LogP contribution in [0.4, 0.5) is 5.95 Å². The van der Waals surface area contributed by atoms with Crippen molar-refractivity contribution in [1.82, 2.24) is 15.3 Å². The van der Waals surface area contributed by atoms with Gasteiger partial charge in [-0.05, 0) is 13.0 Å². The summed E-state index contributed by atoms with van der Waals surface area (Å²) in [5, 5.41) is 3.93. The van der Waals surface area contributed by atoms with E-state index >= 15 is 0 Å². The number of rotatable bonds is 1. The lowest BCUT2D eigenvalue weighted by molar-refractivity contribution is 0.708. The van der Waals surface area contributed by atoms with Gasteiger partial charge < -0.3 is 10.2 Å². The van der Waals surface area contributed by atoms with Gasteiger partial charge in [0, 0.05) is 32.6 Å². The minimum Gasteiger partial charge on any atom is -0.347 e. The molecule has 1 aromatic heterocycles. The van der Waals surface area contributed by atoms with Crippen molar-refractivity contribution in [2.75, 3.05) is 32.1 Å². The fraction of sp³-hybridized carbons (Fsp3) is 0.600. The Labute approximate surface area is 94.7 Å². The number of fused-ring (bicyclic) bond motifs is 1. The highest BCUT2D eigenvalue weighted by atomic mass is 35.5. The first-order valence-corrected chi connectivity index (χ1v) is 5.49. The van der Waals surface area contributed by atoms with E-state index in [4.69, 9.17) is 11.6 Å². The lowest BCUT2D eigenvalue weighted by Crippen LogP contribution is -2.16. The fourth-order valence-corrected chi connectivity index (χ4v) is 1.97. The first-order chi connectivity index (χ1) is 7.18. The third-order valence-electron chi connectivity index (χ3n) is 2.52. The fourth-order valence-electron chi connectivity index (χ4n) is 1.69. The molecule has 5 heteroatoms. The molecule has 0 fully saturated rings. The summed E-state index contributed by atoms with van der Waals surface area (Å²) in [4.78, 5) is 10.7. The van der Waals surface area contributed by atoms with Gasteiger partial charge in [-0.1, -0.05) is 11.6 Å². The molecule has 2 heterocycles. The monoisotopic (exact) mass is 226 g/mol. The summed E-state index contributed by atoms with van der Waals surface area (Å²) < 4.78 is 0. The van der Waals surface area contributed by atoms with Crippen LogP contribution in [0.5, 0.6) is 0 Å². The largest absolute Gasteiger partial charge is 0.347 e. The Hall–Kier alpha value is -0.870. The van der Waals surface area contributed by atoms with Crippen LogP contribution in [0.25, 0.3) is 0 Å². The van der Waals surface area contributed by atoms with Crippen LogP contribution in [0.1, 0.15) is 11.3 Å². The van der Waals surface area contributed by atoms with Crippen LogP contribution in [-0.2, 0) is 12.8 Å². The first-order valence-electron chi connectivity index (χ1n) is 5.12. The molecule has 0 saturated carbocycles. The van der Waals surface area contributed by atoms with Crippen LogP contribution in [-0.4, -0.2) is 37.2 Å². The molecule has 0 bridgehead atoms. The minimum absolute atomic E-state index is 0.604. The van der Waals surface area contributed by atoms with Crippen LogP contribution in [0.2, 0.25) is 5.15 Å². The van der Waals surface area contributed by atoms with E-state index in [2.05, 4.69) is 15.3 Å². The van der Waals surface area contributed by atoms with E-state index in [1.807, 2.05) is 19.0 Å². The van der Waals surface area contributed by atoms with Crippen molar-refractivity contribution in [3.05, 3.63) is 16.4 Å². The summed E-state index contributed by atoms with van der Waals surface area (Å²) in [5.41, 5.74) is 2.19. The molecule has 1 aliphatic rings. The summed E-state index contributed by atoms with van der Waals surface area (Å²) in [6.45, 7) is 1.92. The van der Waals surface area contributed by atoms with Crippen LogP contribution in [0.3, 0.4) is 0 Å². The molecule has 0 spiro atoms. The lowest BCUT2D eigenvalue weighted by atomic mass is 10.1. The van der Waals surface area contributed by atoms with E-state index in [-0.39, 0.29) is 0 Å². The van der Waals surface area contributed by atoms with Crippen LogP contribution in [0.15, 0.2) is 0 Å². The Kier molecular flexibility index (Phi) is 3.07. The Morgan fingerprint density at radius 1 is 1.20 bits per heavy atom. The first kappa shape index (κ1) is 10.6. The number of nitrogens with zero attached hydrogens (tertiary/aromatic N) is 3. The molecule has 15 heavy (non-hydrogen) atoms. The zero-order valence-corrected chi connectivity index (χ0v) is 9.80. The van der Waals surface area contributed by atoms with E-state index in [1.165, 1.54) is 0 Å². The number of anilines is 1. The molecule has 82 valence electrons. The Balaban J connectivity index is 2.44. The second kappa shape index (κ2) is 4.33. The molecule has 0 atom stereocenters. The summed E-state index contributed by atoms with van der Waals surface area (Å²) in [6, 6.07) is 0. The molecule has 0 aromatic carbocycles. The maximum absolute atomic E-state index is 6.16. The van der Waals surface area contributed by atoms with Gasteiger partial charge in [0.2, 0.25) is 5.95 Å². The van der Waals surface area contributed by atoms with Crippen LogP contribution < -0.4 is 10.2 Å². The maximum Gasteiger partial charge on any atom is 0.226 e. The van der Waals surface area contributed by atoms with Crippen molar-refractivity contribution in [1.29, 1.82) is 0 Å². The topological polar surface area (TPSA) is 41.1 Å². The highest BCUT2D eigenvalue weighted by Gasteiger charge is 2.15. The predicted molar refractivity (Wildman–Crippen MR) is 61.6 cm³/mol. The summed E-state index contributed by atoms with van der Waals surface area (Å²) in [5.74, 6) is 0.695. The van der Waals surface area contributed by atoms with Crippen LogP contribution >= 0.6 is 11.6 Å². The average molecular weight is 227 g/mol. The highest BCUT2D eigenvalue weighted by molar-refractivity contribution is 6.30. The molecule has 0 saturated heterocycles. The molecule has 0 amide bonds. The van der Waals surface area contributed by atoms with Gasteiger partial charge >= 0.3 is 0 Å². The molecule has 4 nitrogen and oxygen atoms in total. The second-order valence-electron chi connectivity index (χ2n) is 3.88. The second-order valence-corrected chi connectivity index (χ2v) is 4.24. The van der Waals surface area contributed by atoms with E-state index in [0.29, 0.717) is 11.1 Å². The maximum atomic E-state index is 6.16. The Bertz CT molecular complexity index is 365.